The van der Waals surface area contributed by atoms with Gasteiger partial charge in [0.2, 0.25) is 0 Å². The van der Waals surface area contributed by atoms with Gasteiger partial charge in [-0.3, -0.25) is 14.4 Å². The van der Waals surface area contributed by atoms with Crippen LogP contribution in [0, 0.1) is 44.8 Å². The van der Waals surface area contributed by atoms with Crippen LogP contribution in [0.5, 0.6) is 0 Å². The van der Waals surface area contributed by atoms with Gasteiger partial charge in [-0.15, -0.1) is 0 Å². The number of carbonyl (C=O) groups is 3. The molecular weight excluding hydrogens is 332 g/mol. The number of ketones is 2. The van der Waals surface area contributed by atoms with Crippen molar-refractivity contribution < 1.29 is 19.5 Å². The van der Waals surface area contributed by atoms with E-state index in [2.05, 4.69) is 0 Å². The van der Waals surface area contributed by atoms with Crippen LogP contribution in [0.4, 0.5) is 0 Å². The zero-order valence-electron chi connectivity index (χ0n) is 14.8. The van der Waals surface area contributed by atoms with Gasteiger partial charge >= 0.3 is 5.97 Å². The van der Waals surface area contributed by atoms with Gasteiger partial charge in [0.15, 0.2) is 11.6 Å². The molecule has 132 valence electrons. The molecule has 6 nitrogen and oxygen atoms in total. The summed E-state index contributed by atoms with van der Waals surface area (Å²) in [5.41, 5.74) is -3.12. The molecule has 1 N–H and O–H groups in total. The molecule has 0 saturated heterocycles. The zero-order chi connectivity index (χ0) is 19.5. The maximum absolute atomic E-state index is 12.7. The number of fused-ring (bicyclic) bond motifs is 3. The molecule has 0 heterocycles. The summed E-state index contributed by atoms with van der Waals surface area (Å²) in [7, 11) is 0. The van der Waals surface area contributed by atoms with Gasteiger partial charge in [0.05, 0.1) is 11.1 Å². The Labute approximate surface area is 151 Å². The van der Waals surface area contributed by atoms with E-state index in [1.54, 1.807) is 26.8 Å². The van der Waals surface area contributed by atoms with Crippen molar-refractivity contribution in [1.29, 1.82) is 10.5 Å². The fraction of sp³-hybridized carbons (Fsp3) is 0.450. The number of carboxylic acids is 1. The van der Waals surface area contributed by atoms with Gasteiger partial charge in [-0.1, -0.05) is 26.8 Å². The second-order valence-electron chi connectivity index (χ2n) is 7.96. The second kappa shape index (κ2) is 5.25. The molecule has 3 atom stereocenters. The Morgan fingerprint density at radius 3 is 2.31 bits per heavy atom. The minimum Gasteiger partial charge on any atom is -0.480 e. The number of nitriles is 2. The number of carboxylic acid groups (broad SMARTS) is 1. The van der Waals surface area contributed by atoms with Crippen LogP contribution in [0.25, 0.3) is 0 Å². The van der Waals surface area contributed by atoms with Crippen LogP contribution in [0.1, 0.15) is 33.6 Å². The lowest BCUT2D eigenvalue weighted by molar-refractivity contribution is -0.148. The molecule has 26 heavy (non-hydrogen) atoms. The zero-order valence-corrected chi connectivity index (χ0v) is 14.8. The predicted molar refractivity (Wildman–Crippen MR) is 90.2 cm³/mol. The third kappa shape index (κ3) is 1.99. The van der Waals surface area contributed by atoms with Crippen molar-refractivity contribution in [1.82, 2.24) is 0 Å². The van der Waals surface area contributed by atoms with E-state index in [-0.39, 0.29) is 29.3 Å². The van der Waals surface area contributed by atoms with Crippen LogP contribution in [-0.2, 0) is 14.4 Å². The summed E-state index contributed by atoms with van der Waals surface area (Å²) in [6, 6.07) is 3.70. The molecule has 3 rings (SSSR count). The summed E-state index contributed by atoms with van der Waals surface area (Å²) >= 11 is 0. The maximum atomic E-state index is 12.7. The molecule has 6 heteroatoms. The van der Waals surface area contributed by atoms with Gasteiger partial charge in [-0.05, 0) is 36.5 Å². The number of hydrogen-bond acceptors (Lipinski definition) is 5. The molecule has 3 aliphatic carbocycles. The van der Waals surface area contributed by atoms with Crippen molar-refractivity contribution in [3.63, 3.8) is 0 Å². The lowest BCUT2D eigenvalue weighted by atomic mass is 9.45. The van der Waals surface area contributed by atoms with Gasteiger partial charge in [-0.2, -0.15) is 10.5 Å². The first kappa shape index (κ1) is 17.8. The van der Waals surface area contributed by atoms with E-state index >= 15 is 0 Å². The largest absolute Gasteiger partial charge is 0.480 e. The third-order valence-corrected chi connectivity index (χ3v) is 6.31. The van der Waals surface area contributed by atoms with E-state index in [0.717, 1.165) is 0 Å². The number of allylic oxidation sites excluding steroid dienone is 4. The van der Waals surface area contributed by atoms with E-state index < -0.39 is 28.0 Å². The van der Waals surface area contributed by atoms with Crippen LogP contribution >= 0.6 is 0 Å². The van der Waals surface area contributed by atoms with Crippen LogP contribution in [-0.4, -0.2) is 22.6 Å². The van der Waals surface area contributed by atoms with Crippen LogP contribution in [0.2, 0.25) is 0 Å². The van der Waals surface area contributed by atoms with Crippen molar-refractivity contribution in [2.45, 2.75) is 33.6 Å². The highest BCUT2D eigenvalue weighted by Crippen LogP contribution is 2.63. The molecule has 1 fully saturated rings. The minimum absolute atomic E-state index is 0.0154. The average Bonchev–Trinajstić information content (AvgIpc) is 2.58. The Hall–Kier alpha value is -2.99. The fourth-order valence-electron chi connectivity index (χ4n) is 5.05. The molecule has 0 radical (unpaired) electrons. The summed E-state index contributed by atoms with van der Waals surface area (Å²) in [6.45, 7) is 5.31. The predicted octanol–water partition coefficient (Wildman–Crippen LogP) is 2.49. The summed E-state index contributed by atoms with van der Waals surface area (Å²) in [4.78, 5) is 37.2. The molecule has 0 amide bonds. The van der Waals surface area contributed by atoms with E-state index in [0.29, 0.717) is 12.0 Å². The minimum atomic E-state index is -1.47. The van der Waals surface area contributed by atoms with Crippen molar-refractivity contribution in [2.75, 3.05) is 0 Å². The number of carbonyl (C=O) groups excluding carboxylic acids is 2. The van der Waals surface area contributed by atoms with Gasteiger partial charge in [0.1, 0.15) is 17.6 Å². The molecule has 0 aromatic carbocycles. The Bertz CT molecular complexity index is 938. The summed E-state index contributed by atoms with van der Waals surface area (Å²) in [5, 5.41) is 28.6. The Morgan fingerprint density at radius 2 is 1.77 bits per heavy atom. The maximum Gasteiger partial charge on any atom is 0.317 e. The normalized spacial score (nSPS) is 35.0. The fourth-order valence-corrected chi connectivity index (χ4v) is 5.05. The molecule has 0 bridgehead atoms. The highest BCUT2D eigenvalue weighted by atomic mass is 16.4. The molecule has 0 aromatic heterocycles. The van der Waals surface area contributed by atoms with E-state index in [9.17, 15) is 30.0 Å². The molecular formula is C20H18N2O4. The van der Waals surface area contributed by atoms with Gasteiger partial charge < -0.3 is 5.11 Å². The lowest BCUT2D eigenvalue weighted by Gasteiger charge is -2.56. The number of hydrogen-bond donors (Lipinski definition) is 1. The number of Topliss-reactive ketones (excluding diaryl/α,β-unsaturated/α-hetero) is 1. The first-order valence-corrected chi connectivity index (χ1v) is 8.35. The molecule has 2 unspecified atom stereocenters. The monoisotopic (exact) mass is 350 g/mol. The number of aliphatic carboxylic acids is 1. The van der Waals surface area contributed by atoms with Gasteiger partial charge in [-0.25, -0.2) is 0 Å². The third-order valence-electron chi connectivity index (χ3n) is 6.31. The molecule has 1 saturated carbocycles. The standard InChI is InChI=1S/C20H18N2O4/c1-18(2)14-4-5-20(17(25)26)8-11(9-21)13(23)6-15(20)19(14,3)7-12(10-22)16(18)24/h6-8,14H,4-5H2,1-3H3,(H,25,26)/t14?,19?,20-/m1/s1. The highest BCUT2D eigenvalue weighted by Gasteiger charge is 2.62. The molecule has 0 aliphatic heterocycles. The van der Waals surface area contributed by atoms with E-state index in [4.69, 9.17) is 0 Å². The SMILES string of the molecule is CC1(C)C(=O)C(C#N)=CC2(C)C3=CC(=O)C(C#N)=C[C@]3(C(=O)O)CCC12. The Balaban J connectivity index is 2.33. The molecule has 0 spiro atoms. The Morgan fingerprint density at radius 1 is 1.15 bits per heavy atom. The summed E-state index contributed by atoms with van der Waals surface area (Å²) < 4.78 is 0. The quantitative estimate of drug-likeness (QED) is 0.776. The number of rotatable bonds is 1. The van der Waals surface area contributed by atoms with Gasteiger partial charge in [0, 0.05) is 10.8 Å². The average molecular weight is 350 g/mol. The van der Waals surface area contributed by atoms with Crippen molar-refractivity contribution in [3.8, 4) is 12.1 Å². The van der Waals surface area contributed by atoms with Crippen molar-refractivity contribution >= 4 is 17.5 Å². The number of nitrogens with zero attached hydrogens (tertiary/aromatic N) is 2. The molecule has 0 aromatic rings. The van der Waals surface area contributed by atoms with E-state index in [1.165, 1.54) is 18.2 Å². The lowest BCUT2D eigenvalue weighted by Crippen LogP contribution is -2.55. The van der Waals surface area contributed by atoms with Crippen molar-refractivity contribution in [3.05, 3.63) is 34.9 Å². The summed E-state index contributed by atoms with van der Waals surface area (Å²) in [6.07, 6.45) is 4.62. The smallest absolute Gasteiger partial charge is 0.317 e. The van der Waals surface area contributed by atoms with E-state index in [1.807, 2.05) is 6.07 Å². The van der Waals surface area contributed by atoms with Gasteiger partial charge in [0.25, 0.3) is 0 Å². The molecule has 3 aliphatic rings. The topological polar surface area (TPSA) is 119 Å². The highest BCUT2D eigenvalue weighted by molar-refractivity contribution is 6.11. The second-order valence-corrected chi connectivity index (χ2v) is 7.96. The Kier molecular flexibility index (Phi) is 3.60. The summed E-state index contributed by atoms with van der Waals surface area (Å²) in [5.74, 6) is -2.18. The van der Waals surface area contributed by atoms with Crippen LogP contribution in [0.3, 0.4) is 0 Å². The van der Waals surface area contributed by atoms with Crippen LogP contribution < -0.4 is 0 Å². The first-order chi connectivity index (χ1) is 12.0. The first-order valence-electron chi connectivity index (χ1n) is 8.35. The van der Waals surface area contributed by atoms with Crippen LogP contribution in [0.15, 0.2) is 34.9 Å². The van der Waals surface area contributed by atoms with Crippen molar-refractivity contribution in [2.24, 2.45) is 22.2 Å².